The van der Waals surface area contributed by atoms with Crippen LogP contribution < -0.4 is 20.1 Å². The molecule has 1 saturated heterocycles. The molecule has 2 atom stereocenters. The highest BCUT2D eigenvalue weighted by molar-refractivity contribution is 5.85. The standard InChI is InChI=1S/C21H35N3O3.ClH/c1-5-24(6-2)11-12-27-19-8-7-17(14-20(19)26-4)15-23-21(25)18-9-10-22-16(3)13-18;/h7-8,14,16,18,22H,5-6,9-13,15H2,1-4H3,(H,23,25);1H/t16-,18-;/m0./s1. The zero-order chi connectivity index (χ0) is 19.6. The molecule has 1 aliphatic heterocycles. The number of carbonyl (C=O) groups excluding carboxylic acids is 1. The van der Waals surface area contributed by atoms with E-state index in [9.17, 15) is 4.79 Å². The number of rotatable bonds is 10. The average Bonchev–Trinajstić information content (AvgIpc) is 2.69. The maximum atomic E-state index is 12.4. The first-order chi connectivity index (χ1) is 13.1. The van der Waals surface area contributed by atoms with Crippen molar-refractivity contribution >= 4 is 18.3 Å². The molecule has 1 fully saturated rings. The van der Waals surface area contributed by atoms with E-state index in [1.54, 1.807) is 7.11 Å². The van der Waals surface area contributed by atoms with Gasteiger partial charge in [0.05, 0.1) is 7.11 Å². The Bertz CT molecular complexity index is 596. The van der Waals surface area contributed by atoms with Crippen LogP contribution in [0.5, 0.6) is 11.5 Å². The third-order valence-electron chi connectivity index (χ3n) is 5.25. The number of methoxy groups -OCH3 is 1. The second-order valence-corrected chi connectivity index (χ2v) is 7.15. The largest absolute Gasteiger partial charge is 0.493 e. The van der Waals surface area contributed by atoms with Gasteiger partial charge in [-0.3, -0.25) is 4.79 Å². The number of nitrogens with zero attached hydrogens (tertiary/aromatic N) is 1. The fourth-order valence-electron chi connectivity index (χ4n) is 3.47. The Balaban J connectivity index is 0.00000392. The van der Waals surface area contributed by atoms with Gasteiger partial charge in [0, 0.05) is 25.0 Å². The fraction of sp³-hybridized carbons (Fsp3) is 0.667. The third kappa shape index (κ3) is 7.49. The van der Waals surface area contributed by atoms with Gasteiger partial charge in [0.25, 0.3) is 0 Å². The topological polar surface area (TPSA) is 62.8 Å². The molecule has 28 heavy (non-hydrogen) atoms. The van der Waals surface area contributed by atoms with Gasteiger partial charge in [0.15, 0.2) is 11.5 Å². The van der Waals surface area contributed by atoms with Gasteiger partial charge in [0.2, 0.25) is 5.91 Å². The Morgan fingerprint density at radius 3 is 2.68 bits per heavy atom. The molecule has 7 heteroatoms. The van der Waals surface area contributed by atoms with E-state index in [4.69, 9.17) is 9.47 Å². The summed E-state index contributed by atoms with van der Waals surface area (Å²) in [6.07, 6.45) is 1.80. The average molecular weight is 414 g/mol. The summed E-state index contributed by atoms with van der Waals surface area (Å²) in [5, 5.41) is 6.44. The molecule has 0 spiro atoms. The zero-order valence-electron chi connectivity index (χ0n) is 17.6. The summed E-state index contributed by atoms with van der Waals surface area (Å²) < 4.78 is 11.4. The number of carbonyl (C=O) groups is 1. The van der Waals surface area contributed by atoms with E-state index < -0.39 is 0 Å². The van der Waals surface area contributed by atoms with E-state index in [2.05, 4.69) is 36.3 Å². The van der Waals surface area contributed by atoms with Crippen LogP contribution in [0.1, 0.15) is 39.2 Å². The summed E-state index contributed by atoms with van der Waals surface area (Å²) >= 11 is 0. The molecule has 1 aliphatic rings. The van der Waals surface area contributed by atoms with Gasteiger partial charge < -0.3 is 25.0 Å². The first kappa shape index (κ1) is 24.5. The lowest BCUT2D eigenvalue weighted by atomic mass is 9.92. The number of likely N-dealkylation sites (N-methyl/N-ethyl adjacent to an activating group) is 1. The lowest BCUT2D eigenvalue weighted by Gasteiger charge is -2.27. The molecule has 1 heterocycles. The van der Waals surface area contributed by atoms with Crippen molar-refractivity contribution in [1.82, 2.24) is 15.5 Å². The van der Waals surface area contributed by atoms with E-state index in [1.165, 1.54) is 0 Å². The van der Waals surface area contributed by atoms with Crippen molar-refractivity contribution in [2.24, 2.45) is 5.92 Å². The third-order valence-corrected chi connectivity index (χ3v) is 5.25. The number of hydrogen-bond donors (Lipinski definition) is 2. The molecule has 0 aliphatic carbocycles. The Kier molecular flexibility index (Phi) is 11.3. The highest BCUT2D eigenvalue weighted by Gasteiger charge is 2.24. The van der Waals surface area contributed by atoms with Gasteiger partial charge in [-0.15, -0.1) is 12.4 Å². The lowest BCUT2D eigenvalue weighted by molar-refractivity contribution is -0.126. The van der Waals surface area contributed by atoms with Gasteiger partial charge in [-0.2, -0.15) is 0 Å². The minimum Gasteiger partial charge on any atom is -0.493 e. The number of hydrogen-bond acceptors (Lipinski definition) is 5. The Labute approximate surface area is 175 Å². The number of halogens is 1. The van der Waals surface area contributed by atoms with E-state index in [-0.39, 0.29) is 24.2 Å². The van der Waals surface area contributed by atoms with Crippen molar-refractivity contribution in [1.29, 1.82) is 0 Å². The van der Waals surface area contributed by atoms with Crippen molar-refractivity contribution in [2.75, 3.05) is 39.9 Å². The Hall–Kier alpha value is -1.50. The second kappa shape index (κ2) is 12.9. The molecule has 2 rings (SSSR count). The Morgan fingerprint density at radius 2 is 2.04 bits per heavy atom. The fourth-order valence-corrected chi connectivity index (χ4v) is 3.47. The smallest absolute Gasteiger partial charge is 0.223 e. The first-order valence-electron chi connectivity index (χ1n) is 10.1. The van der Waals surface area contributed by atoms with Gasteiger partial charge in [-0.25, -0.2) is 0 Å². The molecule has 2 N–H and O–H groups in total. The lowest BCUT2D eigenvalue weighted by Crippen LogP contribution is -2.42. The molecule has 0 radical (unpaired) electrons. The maximum absolute atomic E-state index is 12.4. The number of benzene rings is 1. The van der Waals surface area contributed by atoms with Crippen LogP contribution in [0.25, 0.3) is 0 Å². The predicted octanol–water partition coefficient (Wildman–Crippen LogP) is 2.84. The molecule has 0 aromatic heterocycles. The minimum absolute atomic E-state index is 0. The van der Waals surface area contributed by atoms with E-state index in [0.717, 1.165) is 50.3 Å². The second-order valence-electron chi connectivity index (χ2n) is 7.15. The number of ether oxygens (including phenoxy) is 2. The van der Waals surface area contributed by atoms with Gasteiger partial charge in [-0.05, 0) is 57.1 Å². The molecule has 0 saturated carbocycles. The van der Waals surface area contributed by atoms with Crippen LogP contribution in [0.15, 0.2) is 18.2 Å². The molecular formula is C21H36ClN3O3. The molecular weight excluding hydrogens is 378 g/mol. The van der Waals surface area contributed by atoms with Crippen LogP contribution >= 0.6 is 12.4 Å². The Morgan fingerprint density at radius 1 is 1.29 bits per heavy atom. The molecule has 0 unspecified atom stereocenters. The van der Waals surface area contributed by atoms with Gasteiger partial charge in [0.1, 0.15) is 6.61 Å². The van der Waals surface area contributed by atoms with Gasteiger partial charge >= 0.3 is 0 Å². The highest BCUT2D eigenvalue weighted by atomic mass is 35.5. The minimum atomic E-state index is 0. The van der Waals surface area contributed by atoms with E-state index in [0.29, 0.717) is 24.9 Å². The van der Waals surface area contributed by atoms with E-state index in [1.807, 2.05) is 18.2 Å². The summed E-state index contributed by atoms with van der Waals surface area (Å²) in [6, 6.07) is 6.26. The monoisotopic (exact) mass is 413 g/mol. The molecule has 1 amide bonds. The van der Waals surface area contributed by atoms with E-state index >= 15 is 0 Å². The normalized spacial score (nSPS) is 19.0. The van der Waals surface area contributed by atoms with Crippen molar-refractivity contribution in [3.8, 4) is 11.5 Å². The SMILES string of the molecule is CCN(CC)CCOc1ccc(CNC(=O)[C@H]2CCN[C@@H](C)C2)cc1OC.Cl. The predicted molar refractivity (Wildman–Crippen MR) is 116 cm³/mol. The molecule has 0 bridgehead atoms. The molecule has 1 aromatic carbocycles. The van der Waals surface area contributed by atoms with Crippen LogP contribution in [-0.4, -0.2) is 56.7 Å². The summed E-state index contributed by atoms with van der Waals surface area (Å²) in [5.74, 6) is 1.69. The highest BCUT2D eigenvalue weighted by Crippen LogP contribution is 2.28. The van der Waals surface area contributed by atoms with Gasteiger partial charge in [-0.1, -0.05) is 19.9 Å². The zero-order valence-corrected chi connectivity index (χ0v) is 18.4. The summed E-state index contributed by atoms with van der Waals surface area (Å²) in [5.41, 5.74) is 1.01. The van der Waals surface area contributed by atoms with Crippen molar-refractivity contribution in [3.05, 3.63) is 23.8 Å². The molecule has 160 valence electrons. The quantitative estimate of drug-likeness (QED) is 0.617. The summed E-state index contributed by atoms with van der Waals surface area (Å²) in [7, 11) is 1.64. The van der Waals surface area contributed by atoms with Crippen LogP contribution in [0.3, 0.4) is 0 Å². The van der Waals surface area contributed by atoms with Crippen molar-refractivity contribution in [3.63, 3.8) is 0 Å². The van der Waals surface area contributed by atoms with Crippen LogP contribution in [0.2, 0.25) is 0 Å². The first-order valence-corrected chi connectivity index (χ1v) is 10.1. The van der Waals surface area contributed by atoms with Crippen molar-refractivity contribution < 1.29 is 14.3 Å². The molecule has 1 aromatic rings. The summed E-state index contributed by atoms with van der Waals surface area (Å²) in [6.45, 7) is 11.4. The number of piperidine rings is 1. The van der Waals surface area contributed by atoms with Crippen LogP contribution in [0.4, 0.5) is 0 Å². The van der Waals surface area contributed by atoms with Crippen LogP contribution in [-0.2, 0) is 11.3 Å². The maximum Gasteiger partial charge on any atom is 0.223 e. The van der Waals surface area contributed by atoms with Crippen LogP contribution in [0, 0.1) is 5.92 Å². The number of amides is 1. The molecule has 6 nitrogen and oxygen atoms in total. The number of nitrogens with one attached hydrogen (secondary N) is 2. The van der Waals surface area contributed by atoms with Crippen molar-refractivity contribution in [2.45, 2.75) is 46.2 Å². The summed E-state index contributed by atoms with van der Waals surface area (Å²) in [4.78, 5) is 14.7.